The van der Waals surface area contributed by atoms with Gasteiger partial charge in [0.1, 0.15) is 0 Å². The van der Waals surface area contributed by atoms with E-state index in [-0.39, 0.29) is 28.8 Å². The van der Waals surface area contributed by atoms with Crippen LogP contribution in [0.25, 0.3) is 0 Å². The largest absolute Gasteiger partial charge is 0.489 e. The SMILES string of the molecule is COc1c(C(=O)N2CC3(CCCCC3)C2c2ccccc2)[nH]c(=O)[nH]c1=O. The van der Waals surface area contributed by atoms with Gasteiger partial charge < -0.3 is 9.64 Å². The van der Waals surface area contributed by atoms with Crippen molar-refractivity contribution in [3.05, 3.63) is 62.4 Å². The summed E-state index contributed by atoms with van der Waals surface area (Å²) in [5.74, 6) is -0.531. The van der Waals surface area contributed by atoms with Crippen LogP contribution in [0.5, 0.6) is 5.75 Å². The molecule has 7 nitrogen and oxygen atoms in total. The molecule has 2 N–H and O–H groups in total. The molecule has 1 amide bonds. The number of hydrogen-bond acceptors (Lipinski definition) is 4. The number of H-pyrrole nitrogens is 2. The van der Waals surface area contributed by atoms with E-state index in [1.54, 1.807) is 4.90 Å². The van der Waals surface area contributed by atoms with Gasteiger partial charge in [0.2, 0.25) is 5.75 Å². The number of rotatable bonds is 3. The summed E-state index contributed by atoms with van der Waals surface area (Å²) in [6.45, 7) is 0.628. The zero-order chi connectivity index (χ0) is 19.0. The molecule has 2 aliphatic rings. The number of nitrogens with zero attached hydrogens (tertiary/aromatic N) is 1. The van der Waals surface area contributed by atoms with Gasteiger partial charge in [-0.05, 0) is 18.4 Å². The predicted octanol–water partition coefficient (Wildman–Crippen LogP) is 2.22. The number of ether oxygens (including phenoxy) is 1. The molecule has 1 atom stereocenters. The Hall–Kier alpha value is -2.83. The van der Waals surface area contributed by atoms with Gasteiger partial charge in [-0.3, -0.25) is 19.6 Å². The Labute approximate surface area is 156 Å². The summed E-state index contributed by atoms with van der Waals surface area (Å²) in [6.07, 6.45) is 5.72. The lowest BCUT2D eigenvalue weighted by molar-refractivity contribution is -0.0774. The smallest absolute Gasteiger partial charge is 0.326 e. The highest BCUT2D eigenvalue weighted by atomic mass is 16.5. The molecule has 2 heterocycles. The number of aromatic amines is 2. The van der Waals surface area contributed by atoms with Gasteiger partial charge in [0.05, 0.1) is 13.2 Å². The summed E-state index contributed by atoms with van der Waals surface area (Å²) < 4.78 is 5.09. The molecule has 1 aromatic carbocycles. The van der Waals surface area contributed by atoms with Crippen molar-refractivity contribution in [1.29, 1.82) is 0 Å². The van der Waals surface area contributed by atoms with Crippen molar-refractivity contribution in [2.24, 2.45) is 5.41 Å². The van der Waals surface area contributed by atoms with Crippen molar-refractivity contribution in [3.8, 4) is 5.75 Å². The summed E-state index contributed by atoms with van der Waals surface area (Å²) in [5.41, 5.74) is -0.339. The number of methoxy groups -OCH3 is 1. The second kappa shape index (κ2) is 6.72. The average molecular weight is 369 g/mol. The number of amides is 1. The van der Waals surface area contributed by atoms with Crippen LogP contribution in [0.15, 0.2) is 39.9 Å². The lowest BCUT2D eigenvalue weighted by Gasteiger charge is -2.59. The highest BCUT2D eigenvalue weighted by Gasteiger charge is 2.55. The van der Waals surface area contributed by atoms with Gasteiger partial charge in [0.15, 0.2) is 5.69 Å². The average Bonchev–Trinajstić information content (AvgIpc) is 2.67. The minimum Gasteiger partial charge on any atom is -0.489 e. The molecular formula is C20H23N3O4. The highest BCUT2D eigenvalue weighted by molar-refractivity contribution is 5.95. The topological polar surface area (TPSA) is 95.3 Å². The summed E-state index contributed by atoms with van der Waals surface area (Å²) >= 11 is 0. The minimum absolute atomic E-state index is 0.0565. The highest BCUT2D eigenvalue weighted by Crippen LogP contribution is 2.57. The Bertz CT molecular complexity index is 957. The first-order valence-corrected chi connectivity index (χ1v) is 9.32. The molecule has 142 valence electrons. The zero-order valence-corrected chi connectivity index (χ0v) is 15.3. The molecule has 7 heteroatoms. The van der Waals surface area contributed by atoms with E-state index >= 15 is 0 Å². The van der Waals surface area contributed by atoms with E-state index < -0.39 is 11.2 Å². The lowest BCUT2D eigenvalue weighted by Crippen LogP contribution is -2.61. The van der Waals surface area contributed by atoms with Crippen LogP contribution in [0.2, 0.25) is 0 Å². The number of benzene rings is 1. The van der Waals surface area contributed by atoms with Crippen LogP contribution < -0.4 is 16.0 Å². The first kappa shape index (κ1) is 17.6. The van der Waals surface area contributed by atoms with Crippen molar-refractivity contribution in [3.63, 3.8) is 0 Å². The molecule has 0 bridgehead atoms. The number of aromatic nitrogens is 2. The van der Waals surface area contributed by atoms with Crippen LogP contribution in [-0.2, 0) is 0 Å². The van der Waals surface area contributed by atoms with Crippen molar-refractivity contribution >= 4 is 5.91 Å². The fourth-order valence-electron chi connectivity index (χ4n) is 4.74. The molecule has 1 aliphatic heterocycles. The van der Waals surface area contributed by atoms with Crippen molar-refractivity contribution in [2.75, 3.05) is 13.7 Å². The second-order valence-electron chi connectivity index (χ2n) is 7.49. The number of hydrogen-bond donors (Lipinski definition) is 2. The molecule has 0 radical (unpaired) electrons. The third-order valence-corrected chi connectivity index (χ3v) is 5.92. The summed E-state index contributed by atoms with van der Waals surface area (Å²) in [7, 11) is 1.31. The fraction of sp³-hybridized carbons (Fsp3) is 0.450. The van der Waals surface area contributed by atoms with E-state index in [2.05, 4.69) is 9.97 Å². The molecule has 2 aromatic rings. The maximum Gasteiger partial charge on any atom is 0.326 e. The van der Waals surface area contributed by atoms with Crippen LogP contribution >= 0.6 is 0 Å². The molecule has 1 saturated heterocycles. The number of nitrogens with one attached hydrogen (secondary N) is 2. The third kappa shape index (κ3) is 2.87. The Balaban J connectivity index is 1.74. The van der Waals surface area contributed by atoms with E-state index in [0.29, 0.717) is 6.54 Å². The normalized spacial score (nSPS) is 20.9. The van der Waals surface area contributed by atoms with Gasteiger partial charge in [-0.25, -0.2) is 4.79 Å². The van der Waals surface area contributed by atoms with E-state index in [1.165, 1.54) is 13.5 Å². The molecule has 1 aromatic heterocycles. The van der Waals surface area contributed by atoms with E-state index in [4.69, 9.17) is 4.74 Å². The Morgan fingerprint density at radius 3 is 2.48 bits per heavy atom. The van der Waals surface area contributed by atoms with Gasteiger partial charge in [-0.15, -0.1) is 0 Å². The summed E-state index contributed by atoms with van der Waals surface area (Å²) in [4.78, 5) is 43.3. The standard InChI is InChI=1S/C20H23N3O4/c1-27-15-14(21-19(26)22-17(15)24)18(25)23-12-20(10-6-3-7-11-20)16(23)13-8-4-2-5-9-13/h2,4-5,8-9,16H,3,6-7,10-12H2,1H3,(H2,21,22,24,26). The molecule has 1 saturated carbocycles. The third-order valence-electron chi connectivity index (χ3n) is 5.92. The van der Waals surface area contributed by atoms with Gasteiger partial charge in [-0.1, -0.05) is 49.6 Å². The number of carbonyl (C=O) groups is 1. The monoisotopic (exact) mass is 369 g/mol. The van der Waals surface area contributed by atoms with E-state index in [9.17, 15) is 14.4 Å². The minimum atomic E-state index is -0.715. The van der Waals surface area contributed by atoms with Crippen molar-refractivity contribution < 1.29 is 9.53 Å². The molecule has 1 aliphatic carbocycles. The lowest BCUT2D eigenvalue weighted by atomic mass is 9.61. The summed E-state index contributed by atoms with van der Waals surface area (Å²) in [5, 5.41) is 0. The Kier molecular flexibility index (Phi) is 4.37. The Morgan fingerprint density at radius 2 is 1.81 bits per heavy atom. The van der Waals surface area contributed by atoms with Gasteiger partial charge in [0.25, 0.3) is 11.5 Å². The molecular weight excluding hydrogens is 346 g/mol. The van der Waals surface area contributed by atoms with Crippen LogP contribution in [-0.4, -0.2) is 34.4 Å². The van der Waals surface area contributed by atoms with Crippen LogP contribution in [0.1, 0.15) is 54.2 Å². The fourth-order valence-corrected chi connectivity index (χ4v) is 4.74. The van der Waals surface area contributed by atoms with E-state index in [1.807, 2.05) is 30.3 Å². The number of likely N-dealkylation sites (tertiary alicyclic amines) is 1. The predicted molar refractivity (Wildman–Crippen MR) is 100.0 cm³/mol. The molecule has 2 fully saturated rings. The van der Waals surface area contributed by atoms with E-state index in [0.717, 1.165) is 31.2 Å². The summed E-state index contributed by atoms with van der Waals surface area (Å²) in [6, 6.07) is 9.93. The number of carbonyl (C=O) groups excluding carboxylic acids is 1. The first-order valence-electron chi connectivity index (χ1n) is 9.32. The van der Waals surface area contributed by atoms with Gasteiger partial charge in [-0.2, -0.15) is 0 Å². The zero-order valence-electron chi connectivity index (χ0n) is 15.3. The molecule has 4 rings (SSSR count). The van der Waals surface area contributed by atoms with Crippen LogP contribution in [0.3, 0.4) is 0 Å². The van der Waals surface area contributed by atoms with Crippen molar-refractivity contribution in [1.82, 2.24) is 14.9 Å². The second-order valence-corrected chi connectivity index (χ2v) is 7.49. The van der Waals surface area contributed by atoms with Crippen LogP contribution in [0, 0.1) is 5.41 Å². The molecule has 1 spiro atoms. The van der Waals surface area contributed by atoms with Gasteiger partial charge >= 0.3 is 5.69 Å². The first-order chi connectivity index (χ1) is 13.1. The van der Waals surface area contributed by atoms with Gasteiger partial charge in [0, 0.05) is 12.0 Å². The molecule has 1 unspecified atom stereocenters. The van der Waals surface area contributed by atoms with Crippen LogP contribution in [0.4, 0.5) is 0 Å². The molecule has 27 heavy (non-hydrogen) atoms. The Morgan fingerprint density at radius 1 is 1.11 bits per heavy atom. The van der Waals surface area contributed by atoms with Crippen molar-refractivity contribution in [2.45, 2.75) is 38.1 Å². The maximum absolute atomic E-state index is 13.2. The maximum atomic E-state index is 13.2. The quantitative estimate of drug-likeness (QED) is 0.867.